The van der Waals surface area contributed by atoms with Gasteiger partial charge in [-0.25, -0.2) is 4.98 Å². The van der Waals surface area contributed by atoms with Crippen molar-refractivity contribution in [2.24, 2.45) is 11.8 Å². The molecule has 1 fully saturated rings. The highest BCUT2D eigenvalue weighted by molar-refractivity contribution is 7.98. The second-order valence-corrected chi connectivity index (χ2v) is 9.28. The highest BCUT2D eigenvalue weighted by Crippen LogP contribution is 2.37. The number of halogens is 1. The van der Waals surface area contributed by atoms with Gasteiger partial charge in [0.15, 0.2) is 11.5 Å². The molecular formula is C24H25ClN2O3S. The highest BCUT2D eigenvalue weighted by atomic mass is 35.5. The molecule has 1 aromatic heterocycles. The summed E-state index contributed by atoms with van der Waals surface area (Å²) in [5, 5.41) is 0.703. The maximum Gasteiger partial charge on any atom is 0.258 e. The molecule has 5 nitrogen and oxygen atoms in total. The summed E-state index contributed by atoms with van der Waals surface area (Å²) < 4.78 is 13.0. The third kappa shape index (κ3) is 5.63. The monoisotopic (exact) mass is 456 g/mol. The van der Waals surface area contributed by atoms with Crippen LogP contribution in [0.5, 0.6) is 11.5 Å². The van der Waals surface area contributed by atoms with E-state index in [2.05, 4.69) is 11.9 Å². The predicted molar refractivity (Wildman–Crippen MR) is 125 cm³/mol. The molecule has 4 rings (SSSR count). The fourth-order valence-electron chi connectivity index (χ4n) is 3.35. The van der Waals surface area contributed by atoms with Crippen molar-refractivity contribution in [3.63, 3.8) is 0 Å². The minimum atomic E-state index is -0.139. The topological polar surface area (TPSA) is 53.4 Å². The first kappa shape index (κ1) is 21.8. The van der Waals surface area contributed by atoms with E-state index >= 15 is 0 Å². The summed E-state index contributed by atoms with van der Waals surface area (Å²) in [6.07, 6.45) is 4.15. The molecule has 0 amide bonds. The highest BCUT2D eigenvalue weighted by Gasteiger charge is 2.28. The van der Waals surface area contributed by atoms with E-state index in [1.54, 1.807) is 31.3 Å². The third-order valence-electron chi connectivity index (χ3n) is 5.42. The van der Waals surface area contributed by atoms with E-state index in [0.717, 1.165) is 16.5 Å². The number of rotatable bonds is 9. The standard InChI is InChI=1S/C24H25ClN2O3S/c1-16(17-3-4-17)13-30-22-10-7-20(12-23(22)29-2)27-15-26-19(11-24(27)28)14-31-21-8-5-18(25)6-9-21/h5-12,15-17H,3-4,13-14H2,1-2H3. The smallest absolute Gasteiger partial charge is 0.258 e. The number of benzene rings is 2. The van der Waals surface area contributed by atoms with E-state index in [9.17, 15) is 4.79 Å². The second kappa shape index (κ2) is 9.79. The van der Waals surface area contributed by atoms with E-state index < -0.39 is 0 Å². The van der Waals surface area contributed by atoms with E-state index in [0.29, 0.717) is 40.5 Å². The van der Waals surface area contributed by atoms with Crippen LogP contribution < -0.4 is 15.0 Å². The van der Waals surface area contributed by atoms with Crippen molar-refractivity contribution >= 4 is 23.4 Å². The minimum Gasteiger partial charge on any atom is -0.493 e. The van der Waals surface area contributed by atoms with Gasteiger partial charge in [0.25, 0.3) is 5.56 Å². The summed E-state index contributed by atoms with van der Waals surface area (Å²) in [5.41, 5.74) is 1.27. The number of hydrogen-bond donors (Lipinski definition) is 0. The SMILES string of the molecule is COc1cc(-n2cnc(CSc3ccc(Cl)cc3)cc2=O)ccc1OCC(C)C1CC1. The van der Waals surface area contributed by atoms with E-state index in [4.69, 9.17) is 21.1 Å². The average molecular weight is 457 g/mol. The summed E-state index contributed by atoms with van der Waals surface area (Å²) >= 11 is 7.53. The Morgan fingerprint density at radius 1 is 1.16 bits per heavy atom. The van der Waals surface area contributed by atoms with E-state index in [-0.39, 0.29) is 5.56 Å². The molecule has 7 heteroatoms. The van der Waals surface area contributed by atoms with Crippen molar-refractivity contribution in [2.45, 2.75) is 30.4 Å². The van der Waals surface area contributed by atoms with Crippen LogP contribution in [0.15, 0.2) is 64.5 Å². The van der Waals surface area contributed by atoms with Gasteiger partial charge in [-0.2, -0.15) is 0 Å². The van der Waals surface area contributed by atoms with Crippen molar-refractivity contribution in [2.75, 3.05) is 13.7 Å². The Kier molecular flexibility index (Phi) is 6.88. The Bertz CT molecular complexity index is 1100. The Hall–Kier alpha value is -2.44. The first-order valence-electron chi connectivity index (χ1n) is 10.3. The number of thioether (sulfide) groups is 1. The molecular weight excluding hydrogens is 432 g/mol. The molecule has 3 aromatic rings. The van der Waals surface area contributed by atoms with Gasteiger partial charge in [-0.05, 0) is 61.1 Å². The molecule has 1 saturated carbocycles. The number of hydrogen-bond acceptors (Lipinski definition) is 5. The van der Waals surface area contributed by atoms with Gasteiger partial charge in [0.1, 0.15) is 6.33 Å². The maximum absolute atomic E-state index is 12.7. The number of methoxy groups -OCH3 is 1. The Morgan fingerprint density at radius 3 is 2.61 bits per heavy atom. The molecule has 0 spiro atoms. The largest absolute Gasteiger partial charge is 0.493 e. The van der Waals surface area contributed by atoms with Crippen molar-refractivity contribution in [1.29, 1.82) is 0 Å². The molecule has 0 bridgehead atoms. The first-order chi connectivity index (χ1) is 15.0. The molecule has 31 heavy (non-hydrogen) atoms. The number of nitrogens with zero attached hydrogens (tertiary/aromatic N) is 2. The lowest BCUT2D eigenvalue weighted by Crippen LogP contribution is -2.19. The molecule has 1 atom stereocenters. The van der Waals surface area contributed by atoms with E-state index in [1.165, 1.54) is 17.4 Å². The molecule has 1 heterocycles. The summed E-state index contributed by atoms with van der Waals surface area (Å²) in [7, 11) is 1.61. The Labute approximate surface area is 191 Å². The van der Waals surface area contributed by atoms with Gasteiger partial charge in [-0.3, -0.25) is 9.36 Å². The molecule has 1 aliphatic carbocycles. The lowest BCUT2D eigenvalue weighted by Gasteiger charge is -2.16. The van der Waals surface area contributed by atoms with Crippen molar-refractivity contribution in [3.05, 3.63) is 75.9 Å². The predicted octanol–water partition coefficient (Wildman–Crippen LogP) is 5.61. The molecule has 162 valence electrons. The van der Waals surface area contributed by atoms with Crippen LogP contribution in [0.25, 0.3) is 5.69 Å². The summed E-state index contributed by atoms with van der Waals surface area (Å²) in [4.78, 5) is 18.2. The van der Waals surface area contributed by atoms with Gasteiger partial charge in [0, 0.05) is 27.8 Å². The van der Waals surface area contributed by atoms with Crippen LogP contribution in [0.2, 0.25) is 5.02 Å². The molecule has 0 saturated heterocycles. The Balaban J connectivity index is 1.45. The first-order valence-corrected chi connectivity index (χ1v) is 11.7. The fourth-order valence-corrected chi connectivity index (χ4v) is 4.27. The van der Waals surface area contributed by atoms with Crippen LogP contribution in [0.3, 0.4) is 0 Å². The fraction of sp³-hybridized carbons (Fsp3) is 0.333. The van der Waals surface area contributed by atoms with Crippen LogP contribution >= 0.6 is 23.4 Å². The molecule has 2 aromatic carbocycles. The zero-order chi connectivity index (χ0) is 21.8. The lowest BCUT2D eigenvalue weighted by atomic mass is 10.1. The molecule has 0 N–H and O–H groups in total. The quantitative estimate of drug-likeness (QED) is 0.391. The third-order valence-corrected chi connectivity index (χ3v) is 6.72. The normalized spacial score (nSPS) is 14.3. The average Bonchev–Trinajstić information content (AvgIpc) is 3.63. The van der Waals surface area contributed by atoms with Gasteiger partial charge in [-0.1, -0.05) is 18.5 Å². The summed E-state index contributed by atoms with van der Waals surface area (Å²) in [6, 6.07) is 14.7. The van der Waals surface area contributed by atoms with Crippen LogP contribution in [-0.4, -0.2) is 23.3 Å². The lowest BCUT2D eigenvalue weighted by molar-refractivity contribution is 0.234. The molecule has 1 aliphatic rings. The van der Waals surface area contributed by atoms with Gasteiger partial charge in [0.05, 0.1) is 25.1 Å². The van der Waals surface area contributed by atoms with Gasteiger partial charge >= 0.3 is 0 Å². The van der Waals surface area contributed by atoms with Gasteiger partial charge in [0.2, 0.25) is 0 Å². The zero-order valence-electron chi connectivity index (χ0n) is 17.6. The maximum atomic E-state index is 12.7. The zero-order valence-corrected chi connectivity index (χ0v) is 19.2. The molecule has 1 unspecified atom stereocenters. The number of ether oxygens (including phenoxy) is 2. The summed E-state index contributed by atoms with van der Waals surface area (Å²) in [5.74, 6) is 3.22. The van der Waals surface area contributed by atoms with Crippen LogP contribution in [0.1, 0.15) is 25.5 Å². The van der Waals surface area contributed by atoms with Crippen molar-refractivity contribution < 1.29 is 9.47 Å². The Morgan fingerprint density at radius 2 is 1.94 bits per heavy atom. The van der Waals surface area contributed by atoms with Crippen LogP contribution in [0.4, 0.5) is 0 Å². The van der Waals surface area contributed by atoms with Gasteiger partial charge < -0.3 is 9.47 Å². The second-order valence-electron chi connectivity index (χ2n) is 7.79. The summed E-state index contributed by atoms with van der Waals surface area (Å²) in [6.45, 7) is 2.89. The van der Waals surface area contributed by atoms with Gasteiger partial charge in [-0.15, -0.1) is 11.8 Å². The van der Waals surface area contributed by atoms with Crippen molar-refractivity contribution in [3.8, 4) is 17.2 Å². The van der Waals surface area contributed by atoms with Crippen LogP contribution in [0, 0.1) is 11.8 Å². The van der Waals surface area contributed by atoms with E-state index in [1.807, 2.05) is 42.5 Å². The molecule has 0 aliphatic heterocycles. The molecule has 0 radical (unpaired) electrons. The minimum absolute atomic E-state index is 0.139. The number of aromatic nitrogens is 2. The van der Waals surface area contributed by atoms with Crippen LogP contribution in [-0.2, 0) is 5.75 Å². The van der Waals surface area contributed by atoms with Crippen molar-refractivity contribution in [1.82, 2.24) is 9.55 Å².